The summed E-state index contributed by atoms with van der Waals surface area (Å²) < 4.78 is 5.15. The monoisotopic (exact) mass is 591 g/mol. The molecule has 0 atom stereocenters. The first-order valence-corrected chi connectivity index (χ1v) is 17.3. The molecular formula is C43H47N2+. The minimum absolute atomic E-state index is 1.06. The summed E-state index contributed by atoms with van der Waals surface area (Å²) in [6, 6.07) is 23.0. The fourth-order valence-corrected chi connectivity index (χ4v) is 7.80. The molecule has 45 heavy (non-hydrogen) atoms. The number of benzene rings is 4. The molecule has 0 unspecified atom stereocenters. The van der Waals surface area contributed by atoms with Crippen LogP contribution in [0.4, 0.5) is 5.69 Å². The van der Waals surface area contributed by atoms with Gasteiger partial charge in [-0.1, -0.05) is 81.3 Å². The number of hydrogen-bond donors (Lipinski definition) is 0. The fourth-order valence-electron chi connectivity index (χ4n) is 7.80. The molecule has 0 saturated heterocycles. The lowest BCUT2D eigenvalue weighted by Crippen LogP contribution is -2.16. The van der Waals surface area contributed by atoms with Gasteiger partial charge >= 0.3 is 0 Å². The number of unbranched alkanes of at least 4 members (excludes halogenated alkanes) is 2. The Bertz CT molecular complexity index is 2130. The molecule has 5 aromatic rings. The van der Waals surface area contributed by atoms with Crippen molar-refractivity contribution >= 4 is 49.9 Å². The van der Waals surface area contributed by atoms with Crippen LogP contribution in [0.25, 0.3) is 38.5 Å². The van der Waals surface area contributed by atoms with E-state index in [4.69, 9.17) is 0 Å². The highest BCUT2D eigenvalue weighted by atomic mass is 15.0. The van der Waals surface area contributed by atoms with Gasteiger partial charge in [0, 0.05) is 46.7 Å². The fraction of sp³-hybridized carbons (Fsp3) is 0.326. The topological polar surface area (TPSA) is 7.94 Å². The number of rotatable bonds is 9. The normalized spacial score (nSPS) is 16.7. The Morgan fingerprint density at radius 1 is 0.800 bits per heavy atom. The molecule has 1 aliphatic carbocycles. The summed E-state index contributed by atoms with van der Waals surface area (Å²) in [5.41, 5.74) is 12.6. The first-order valence-electron chi connectivity index (χ1n) is 17.3. The molecule has 0 N–H and O–H groups in total. The summed E-state index contributed by atoms with van der Waals surface area (Å²) in [5.74, 6) is 0. The minimum Gasteiger partial charge on any atom is -0.340 e. The minimum atomic E-state index is 1.06. The van der Waals surface area contributed by atoms with Crippen molar-refractivity contribution in [2.45, 2.75) is 86.1 Å². The van der Waals surface area contributed by atoms with Crippen molar-refractivity contribution in [1.82, 2.24) is 4.57 Å². The lowest BCUT2D eigenvalue weighted by atomic mass is 9.87. The molecule has 0 spiro atoms. The lowest BCUT2D eigenvalue weighted by molar-refractivity contribution is -0.436. The molecule has 0 radical (unpaired) electrons. The van der Waals surface area contributed by atoms with Crippen LogP contribution in [-0.2, 0) is 6.54 Å². The molecule has 228 valence electrons. The smallest absolute Gasteiger partial charge is 0.214 e. The molecular weight excluding hydrogens is 544 g/mol. The van der Waals surface area contributed by atoms with Crippen molar-refractivity contribution in [3.63, 3.8) is 0 Å². The van der Waals surface area contributed by atoms with Gasteiger partial charge in [-0.05, 0) is 103 Å². The van der Waals surface area contributed by atoms with Gasteiger partial charge in [-0.2, -0.15) is 4.58 Å². The van der Waals surface area contributed by atoms with Crippen LogP contribution in [0.2, 0.25) is 0 Å². The number of hydrogen-bond acceptors (Lipinski definition) is 0. The highest BCUT2D eigenvalue weighted by Gasteiger charge is 2.30. The van der Waals surface area contributed by atoms with Crippen LogP contribution in [0.1, 0.15) is 82.4 Å². The first kappa shape index (κ1) is 29.5. The molecule has 1 aliphatic heterocycles. The average Bonchev–Trinajstić information content (AvgIpc) is 3.52. The third kappa shape index (κ3) is 5.19. The summed E-state index contributed by atoms with van der Waals surface area (Å²) >= 11 is 0. The van der Waals surface area contributed by atoms with Crippen molar-refractivity contribution in [2.24, 2.45) is 0 Å². The van der Waals surface area contributed by atoms with Crippen LogP contribution in [0, 0.1) is 13.8 Å². The Morgan fingerprint density at radius 3 is 2.47 bits per heavy atom. The van der Waals surface area contributed by atoms with Gasteiger partial charge in [0.25, 0.3) is 0 Å². The summed E-state index contributed by atoms with van der Waals surface area (Å²) in [6.45, 7) is 13.5. The van der Waals surface area contributed by atoms with Crippen LogP contribution in [0.5, 0.6) is 0 Å². The van der Waals surface area contributed by atoms with E-state index in [0.717, 1.165) is 25.9 Å². The van der Waals surface area contributed by atoms with Gasteiger partial charge in [0.15, 0.2) is 0 Å². The Labute approximate surface area is 268 Å². The second kappa shape index (κ2) is 12.3. The third-order valence-electron chi connectivity index (χ3n) is 10.3. The first-order chi connectivity index (χ1) is 22.0. The van der Waals surface area contributed by atoms with Crippen molar-refractivity contribution in [1.29, 1.82) is 0 Å². The van der Waals surface area contributed by atoms with E-state index in [1.165, 1.54) is 115 Å². The second-order valence-electron chi connectivity index (χ2n) is 13.3. The van der Waals surface area contributed by atoms with E-state index in [1.807, 2.05) is 0 Å². The Hall–Kier alpha value is -4.17. The van der Waals surface area contributed by atoms with E-state index in [1.54, 1.807) is 0 Å². The van der Waals surface area contributed by atoms with Gasteiger partial charge < -0.3 is 4.57 Å². The number of nitrogens with zero attached hydrogens (tertiary/aromatic N) is 2. The molecule has 4 aromatic carbocycles. The van der Waals surface area contributed by atoms with Crippen LogP contribution >= 0.6 is 0 Å². The Morgan fingerprint density at radius 2 is 1.62 bits per heavy atom. The van der Waals surface area contributed by atoms with Crippen LogP contribution < -0.4 is 5.35 Å². The summed E-state index contributed by atoms with van der Waals surface area (Å²) in [6.07, 6.45) is 18.0. The van der Waals surface area contributed by atoms with E-state index in [0.29, 0.717) is 0 Å². The molecule has 0 saturated carbocycles. The highest BCUT2D eigenvalue weighted by molar-refractivity contribution is 6.20. The van der Waals surface area contributed by atoms with E-state index in [-0.39, 0.29) is 0 Å². The van der Waals surface area contributed by atoms with E-state index >= 15 is 0 Å². The zero-order valence-corrected chi connectivity index (χ0v) is 27.8. The van der Waals surface area contributed by atoms with Gasteiger partial charge in [0.1, 0.15) is 6.54 Å². The maximum atomic E-state index is 2.58. The van der Waals surface area contributed by atoms with Gasteiger partial charge in [-0.3, -0.25) is 0 Å². The van der Waals surface area contributed by atoms with Crippen molar-refractivity contribution in [2.75, 3.05) is 6.54 Å². The SMILES string of the molecule is CCCCn1c(=CC=C2CCCC(C=CC3=[N+](CCCC)c4ccc(C)c5cccc3c45)=C2C)c2cccc3cc(C)cc1c32. The maximum absolute atomic E-state index is 2.58. The molecule has 1 aromatic heterocycles. The van der Waals surface area contributed by atoms with Crippen molar-refractivity contribution < 1.29 is 4.58 Å². The van der Waals surface area contributed by atoms with E-state index in [2.05, 4.69) is 129 Å². The number of allylic oxidation sites excluding steroid dienone is 6. The highest BCUT2D eigenvalue weighted by Crippen LogP contribution is 2.38. The largest absolute Gasteiger partial charge is 0.340 e. The zero-order chi connectivity index (χ0) is 31.1. The standard InChI is InChI=1S/C43H47N2/c1-6-8-25-44-39(37-18-12-16-35-30(4)19-22-40(44)43(35)37)24-21-33-14-10-13-32(31(33)5)20-23-38-36-17-11-15-34-27-29(3)28-41(42(34)36)45(38)26-9-7-2/h11-12,15-24,27-28H,6-10,13-14,25-26H2,1-5H3/q+1. The molecule has 7 rings (SSSR count). The molecule has 0 amide bonds. The molecule has 2 aliphatic rings. The van der Waals surface area contributed by atoms with Crippen LogP contribution in [-0.4, -0.2) is 21.4 Å². The maximum Gasteiger partial charge on any atom is 0.214 e. The predicted octanol–water partition coefficient (Wildman–Crippen LogP) is 10.8. The molecule has 2 heteroatoms. The number of aryl methyl sites for hydroxylation is 3. The average molecular weight is 592 g/mol. The zero-order valence-electron chi connectivity index (χ0n) is 27.8. The van der Waals surface area contributed by atoms with Crippen molar-refractivity contribution in [3.8, 4) is 0 Å². The lowest BCUT2D eigenvalue weighted by Gasteiger charge is -2.18. The van der Waals surface area contributed by atoms with Gasteiger partial charge in [0.05, 0.1) is 10.9 Å². The molecule has 2 nitrogen and oxygen atoms in total. The van der Waals surface area contributed by atoms with Crippen LogP contribution in [0.15, 0.2) is 95.6 Å². The van der Waals surface area contributed by atoms with Crippen LogP contribution in [0.3, 0.4) is 0 Å². The van der Waals surface area contributed by atoms with Gasteiger partial charge in [0.2, 0.25) is 11.4 Å². The van der Waals surface area contributed by atoms with Crippen molar-refractivity contribution in [3.05, 3.63) is 118 Å². The summed E-state index contributed by atoms with van der Waals surface area (Å²) in [7, 11) is 0. The predicted molar refractivity (Wildman–Crippen MR) is 195 cm³/mol. The van der Waals surface area contributed by atoms with E-state index < -0.39 is 0 Å². The summed E-state index contributed by atoms with van der Waals surface area (Å²) in [5, 5.41) is 8.30. The third-order valence-corrected chi connectivity index (χ3v) is 10.3. The quantitative estimate of drug-likeness (QED) is 0.151. The molecule has 0 bridgehead atoms. The number of aromatic nitrogens is 1. The summed E-state index contributed by atoms with van der Waals surface area (Å²) in [4.78, 5) is 0. The van der Waals surface area contributed by atoms with Gasteiger partial charge in [-0.25, -0.2) is 0 Å². The molecule has 0 fully saturated rings. The van der Waals surface area contributed by atoms with E-state index in [9.17, 15) is 0 Å². The van der Waals surface area contributed by atoms with Gasteiger partial charge in [-0.15, -0.1) is 0 Å². The Balaban J connectivity index is 1.30. The molecule has 2 heterocycles. The second-order valence-corrected chi connectivity index (χ2v) is 13.3. The Kier molecular flexibility index (Phi) is 8.08.